The van der Waals surface area contributed by atoms with Gasteiger partial charge in [0.1, 0.15) is 5.41 Å². The van der Waals surface area contributed by atoms with Crippen molar-refractivity contribution in [1.29, 1.82) is 5.26 Å². The summed E-state index contributed by atoms with van der Waals surface area (Å²) in [5.74, 6) is -0.163. The highest BCUT2D eigenvalue weighted by atomic mass is 16.2. The van der Waals surface area contributed by atoms with Crippen LogP contribution in [0.25, 0.3) is 0 Å². The highest BCUT2D eigenvalue weighted by Crippen LogP contribution is 2.45. The van der Waals surface area contributed by atoms with Crippen molar-refractivity contribution >= 4 is 11.6 Å². The van der Waals surface area contributed by atoms with Crippen molar-refractivity contribution in [2.45, 2.75) is 33.1 Å². The van der Waals surface area contributed by atoms with Gasteiger partial charge in [0.15, 0.2) is 0 Å². The Kier molecular flexibility index (Phi) is 2.89. The first-order valence-corrected chi connectivity index (χ1v) is 5.93. The van der Waals surface area contributed by atoms with Crippen LogP contribution in [0, 0.1) is 23.7 Å². The van der Waals surface area contributed by atoms with E-state index in [0.29, 0.717) is 12.8 Å². The largest absolute Gasteiger partial charge is 0.325 e. The summed E-state index contributed by atoms with van der Waals surface area (Å²) in [6.45, 7) is 4.14. The van der Waals surface area contributed by atoms with Crippen LogP contribution in [-0.2, 0) is 11.2 Å². The van der Waals surface area contributed by atoms with Crippen molar-refractivity contribution in [2.75, 3.05) is 5.32 Å². The third kappa shape index (κ3) is 2.16. The molecule has 3 nitrogen and oxygen atoms in total. The maximum absolute atomic E-state index is 11.9. The van der Waals surface area contributed by atoms with Gasteiger partial charge in [-0.15, -0.1) is 0 Å². The van der Waals surface area contributed by atoms with Crippen molar-refractivity contribution in [1.82, 2.24) is 0 Å². The molecule has 1 aromatic carbocycles. The molecule has 1 saturated carbocycles. The molecule has 1 aromatic rings. The second-order valence-corrected chi connectivity index (χ2v) is 4.64. The zero-order chi connectivity index (χ0) is 12.5. The van der Waals surface area contributed by atoms with E-state index in [1.165, 1.54) is 11.1 Å². The van der Waals surface area contributed by atoms with Crippen LogP contribution in [-0.4, -0.2) is 5.91 Å². The molecule has 1 amide bonds. The van der Waals surface area contributed by atoms with Gasteiger partial charge in [-0.2, -0.15) is 5.26 Å². The van der Waals surface area contributed by atoms with E-state index in [4.69, 9.17) is 5.26 Å². The smallest absolute Gasteiger partial charge is 0.244 e. The zero-order valence-corrected chi connectivity index (χ0v) is 10.2. The molecule has 88 valence electrons. The Balaban J connectivity index is 2.12. The van der Waals surface area contributed by atoms with Gasteiger partial charge in [0.05, 0.1) is 6.07 Å². The summed E-state index contributed by atoms with van der Waals surface area (Å²) in [5, 5.41) is 11.8. The first-order chi connectivity index (χ1) is 8.11. The molecule has 1 fully saturated rings. The molecule has 0 bridgehead atoms. The van der Waals surface area contributed by atoms with Gasteiger partial charge in [0, 0.05) is 5.69 Å². The third-order valence-electron chi connectivity index (χ3n) is 3.38. The molecule has 0 unspecified atom stereocenters. The summed E-state index contributed by atoms with van der Waals surface area (Å²) in [5.41, 5.74) is 2.49. The fourth-order valence-corrected chi connectivity index (χ4v) is 1.94. The lowest BCUT2D eigenvalue weighted by molar-refractivity contribution is -0.119. The maximum atomic E-state index is 11.9. The number of aryl methyl sites for hydroxylation is 2. The molecule has 1 N–H and O–H groups in total. The van der Waals surface area contributed by atoms with Crippen LogP contribution in [0.3, 0.4) is 0 Å². The minimum Gasteiger partial charge on any atom is -0.325 e. The van der Waals surface area contributed by atoms with E-state index in [1.54, 1.807) is 0 Å². The molecule has 0 heterocycles. The summed E-state index contributed by atoms with van der Waals surface area (Å²) in [4.78, 5) is 11.9. The number of nitrogens with one attached hydrogen (secondary N) is 1. The highest BCUT2D eigenvalue weighted by Gasteiger charge is 2.50. The summed E-state index contributed by atoms with van der Waals surface area (Å²) < 4.78 is 0. The lowest BCUT2D eigenvalue weighted by Gasteiger charge is -2.10. The van der Waals surface area contributed by atoms with Crippen LogP contribution in [0.2, 0.25) is 0 Å². The third-order valence-corrected chi connectivity index (χ3v) is 3.38. The Bertz CT molecular complexity index is 495. The van der Waals surface area contributed by atoms with E-state index in [-0.39, 0.29) is 5.91 Å². The number of amides is 1. The van der Waals surface area contributed by atoms with Gasteiger partial charge in [0.2, 0.25) is 5.91 Å². The molecule has 0 radical (unpaired) electrons. The van der Waals surface area contributed by atoms with Crippen molar-refractivity contribution in [3.63, 3.8) is 0 Å². The molecule has 0 aliphatic heterocycles. The molecule has 1 aliphatic carbocycles. The fourth-order valence-electron chi connectivity index (χ4n) is 1.94. The number of hydrogen-bond donors (Lipinski definition) is 1. The number of carbonyl (C=O) groups is 1. The first-order valence-electron chi connectivity index (χ1n) is 5.93. The highest BCUT2D eigenvalue weighted by molar-refractivity contribution is 5.99. The molecule has 0 atom stereocenters. The second kappa shape index (κ2) is 4.21. The van der Waals surface area contributed by atoms with Crippen LogP contribution in [0.4, 0.5) is 5.69 Å². The van der Waals surface area contributed by atoms with E-state index in [9.17, 15) is 4.79 Å². The second-order valence-electron chi connectivity index (χ2n) is 4.64. The molecule has 0 spiro atoms. The first kappa shape index (κ1) is 11.7. The Morgan fingerprint density at radius 2 is 2.24 bits per heavy atom. The van der Waals surface area contributed by atoms with Crippen molar-refractivity contribution < 1.29 is 4.79 Å². The number of carbonyl (C=O) groups excluding carboxylic acids is 1. The lowest BCUT2D eigenvalue weighted by atomic mass is 10.0. The molecular weight excluding hydrogens is 212 g/mol. The zero-order valence-electron chi connectivity index (χ0n) is 10.2. The Hall–Kier alpha value is -1.82. The summed E-state index contributed by atoms with van der Waals surface area (Å²) in [6, 6.07) is 7.98. The van der Waals surface area contributed by atoms with E-state index >= 15 is 0 Å². The molecule has 3 heteroatoms. The molecule has 1 aliphatic rings. The standard InChI is InChI=1S/C14H16N2O/c1-3-11-4-5-12(8-10(11)2)16-13(17)14(9-15)6-7-14/h4-5,8H,3,6-7H2,1-2H3,(H,16,17). The molecule has 0 saturated heterocycles. The number of hydrogen-bond acceptors (Lipinski definition) is 2. The minimum atomic E-state index is -0.753. The van der Waals surface area contributed by atoms with Gasteiger partial charge in [-0.25, -0.2) is 0 Å². The summed E-state index contributed by atoms with van der Waals surface area (Å²) in [6.07, 6.45) is 2.35. The number of nitrogens with zero attached hydrogens (tertiary/aromatic N) is 1. The number of rotatable bonds is 3. The average molecular weight is 228 g/mol. The summed E-state index contributed by atoms with van der Waals surface area (Å²) in [7, 11) is 0. The van der Waals surface area contributed by atoms with E-state index in [1.807, 2.05) is 25.1 Å². The number of benzene rings is 1. The van der Waals surface area contributed by atoms with Crippen molar-refractivity contribution in [3.05, 3.63) is 29.3 Å². The Labute approximate surface area is 101 Å². The fraction of sp³-hybridized carbons (Fsp3) is 0.429. The van der Waals surface area contributed by atoms with Crippen LogP contribution in [0.15, 0.2) is 18.2 Å². The van der Waals surface area contributed by atoms with Crippen LogP contribution in [0.5, 0.6) is 0 Å². The predicted molar refractivity (Wildman–Crippen MR) is 66.5 cm³/mol. The Morgan fingerprint density at radius 1 is 1.53 bits per heavy atom. The van der Waals surface area contributed by atoms with Gasteiger partial charge < -0.3 is 5.32 Å². The quantitative estimate of drug-likeness (QED) is 0.864. The van der Waals surface area contributed by atoms with Crippen molar-refractivity contribution in [2.24, 2.45) is 5.41 Å². The van der Waals surface area contributed by atoms with Gasteiger partial charge >= 0.3 is 0 Å². The number of anilines is 1. The van der Waals surface area contributed by atoms with E-state index in [0.717, 1.165) is 12.1 Å². The normalized spacial score (nSPS) is 16.1. The van der Waals surface area contributed by atoms with Gasteiger partial charge in [-0.1, -0.05) is 13.0 Å². The monoisotopic (exact) mass is 228 g/mol. The predicted octanol–water partition coefficient (Wildman–Crippen LogP) is 2.80. The van der Waals surface area contributed by atoms with E-state index < -0.39 is 5.41 Å². The SMILES string of the molecule is CCc1ccc(NC(=O)C2(C#N)CC2)cc1C. The van der Waals surface area contributed by atoms with Crippen molar-refractivity contribution in [3.8, 4) is 6.07 Å². The van der Waals surface area contributed by atoms with Crippen LogP contribution < -0.4 is 5.32 Å². The Morgan fingerprint density at radius 3 is 2.71 bits per heavy atom. The molecule has 0 aromatic heterocycles. The van der Waals surface area contributed by atoms with Gasteiger partial charge in [0.25, 0.3) is 0 Å². The van der Waals surface area contributed by atoms with Gasteiger partial charge in [-0.3, -0.25) is 4.79 Å². The summed E-state index contributed by atoms with van der Waals surface area (Å²) >= 11 is 0. The molecular formula is C14H16N2O. The minimum absolute atomic E-state index is 0.163. The van der Waals surface area contributed by atoms with E-state index in [2.05, 4.69) is 18.3 Å². The number of nitriles is 1. The molecule has 2 rings (SSSR count). The molecule has 17 heavy (non-hydrogen) atoms. The lowest BCUT2D eigenvalue weighted by Crippen LogP contribution is -2.22. The van der Waals surface area contributed by atoms with Crippen LogP contribution in [0.1, 0.15) is 30.9 Å². The maximum Gasteiger partial charge on any atom is 0.244 e. The van der Waals surface area contributed by atoms with Gasteiger partial charge in [-0.05, 0) is 49.4 Å². The average Bonchev–Trinajstić information content (AvgIpc) is 3.10. The van der Waals surface area contributed by atoms with Crippen LogP contribution >= 0.6 is 0 Å². The topological polar surface area (TPSA) is 52.9 Å².